The fourth-order valence-electron chi connectivity index (χ4n) is 2.87. The third kappa shape index (κ3) is 5.15. The Balaban J connectivity index is 2.08. The fourth-order valence-corrected chi connectivity index (χ4v) is 4.32. The molecule has 0 fully saturated rings. The highest BCUT2D eigenvalue weighted by molar-refractivity contribution is 7.08. The molecule has 0 spiro atoms. The summed E-state index contributed by atoms with van der Waals surface area (Å²) in [5.74, 6) is 0. The van der Waals surface area contributed by atoms with Gasteiger partial charge in [-0.2, -0.15) is 22.7 Å². The molecule has 0 radical (unpaired) electrons. The third-order valence-corrected chi connectivity index (χ3v) is 5.81. The van der Waals surface area contributed by atoms with Crippen LogP contribution in [-0.2, 0) is 5.60 Å². The van der Waals surface area contributed by atoms with E-state index in [0.29, 0.717) is 0 Å². The first-order chi connectivity index (χ1) is 11.2. The van der Waals surface area contributed by atoms with E-state index >= 15 is 0 Å². The summed E-state index contributed by atoms with van der Waals surface area (Å²) >= 11 is 3.31. The quantitative estimate of drug-likeness (QED) is 0.591. The molecule has 0 saturated heterocycles. The number of hydrogen-bond acceptors (Lipinski definition) is 4. The molecule has 128 valence electrons. The van der Waals surface area contributed by atoms with Gasteiger partial charge in [0, 0.05) is 6.54 Å². The standard InChI is InChI=1S/C19H29NOS2/c1-3-5-10-20(11-6-4-2)12-9-19(21,17-7-13-22-15-17)18-8-14-23-16-18/h7-8,13-16,21H,3-6,9-12H2,1-2H3. The highest BCUT2D eigenvalue weighted by Crippen LogP contribution is 2.35. The minimum Gasteiger partial charge on any atom is -0.380 e. The predicted molar refractivity (Wildman–Crippen MR) is 103 cm³/mol. The highest BCUT2D eigenvalue weighted by Gasteiger charge is 2.32. The molecule has 0 aliphatic carbocycles. The predicted octanol–water partition coefficient (Wildman–Crippen LogP) is 5.34. The van der Waals surface area contributed by atoms with E-state index in [1.165, 1.54) is 25.7 Å². The lowest BCUT2D eigenvalue weighted by Gasteiger charge is -2.31. The van der Waals surface area contributed by atoms with Gasteiger partial charge in [-0.1, -0.05) is 26.7 Å². The van der Waals surface area contributed by atoms with E-state index in [0.717, 1.165) is 37.2 Å². The van der Waals surface area contributed by atoms with Crippen LogP contribution >= 0.6 is 22.7 Å². The van der Waals surface area contributed by atoms with Crippen LogP contribution in [0.5, 0.6) is 0 Å². The van der Waals surface area contributed by atoms with Crippen molar-refractivity contribution in [2.75, 3.05) is 19.6 Å². The van der Waals surface area contributed by atoms with Crippen LogP contribution in [0.1, 0.15) is 57.1 Å². The van der Waals surface area contributed by atoms with E-state index in [1.807, 2.05) is 0 Å². The lowest BCUT2D eigenvalue weighted by molar-refractivity contribution is 0.0576. The van der Waals surface area contributed by atoms with Gasteiger partial charge in [0.2, 0.25) is 0 Å². The average molecular weight is 352 g/mol. The summed E-state index contributed by atoms with van der Waals surface area (Å²) in [6.45, 7) is 7.71. The van der Waals surface area contributed by atoms with Crippen molar-refractivity contribution in [1.82, 2.24) is 4.90 Å². The summed E-state index contributed by atoms with van der Waals surface area (Å²) in [5, 5.41) is 19.7. The summed E-state index contributed by atoms with van der Waals surface area (Å²) < 4.78 is 0. The van der Waals surface area contributed by atoms with E-state index < -0.39 is 5.60 Å². The van der Waals surface area contributed by atoms with Gasteiger partial charge in [-0.05, 0) is 77.1 Å². The van der Waals surface area contributed by atoms with Crippen molar-refractivity contribution in [3.63, 3.8) is 0 Å². The molecule has 1 N–H and O–H groups in total. The van der Waals surface area contributed by atoms with E-state index in [4.69, 9.17) is 0 Å². The monoisotopic (exact) mass is 351 g/mol. The Hall–Kier alpha value is -0.680. The Morgan fingerprint density at radius 2 is 1.43 bits per heavy atom. The largest absolute Gasteiger partial charge is 0.380 e. The number of aliphatic hydroxyl groups is 1. The molecule has 2 rings (SSSR count). The van der Waals surface area contributed by atoms with Gasteiger partial charge in [0.15, 0.2) is 0 Å². The molecule has 4 heteroatoms. The molecule has 0 atom stereocenters. The maximum atomic E-state index is 11.4. The van der Waals surface area contributed by atoms with Crippen molar-refractivity contribution >= 4 is 22.7 Å². The van der Waals surface area contributed by atoms with E-state index in [-0.39, 0.29) is 0 Å². The van der Waals surface area contributed by atoms with Gasteiger partial charge >= 0.3 is 0 Å². The third-order valence-electron chi connectivity index (χ3n) is 4.44. The Kier molecular flexibility index (Phi) is 7.77. The zero-order valence-electron chi connectivity index (χ0n) is 14.3. The Morgan fingerprint density at radius 1 is 0.913 bits per heavy atom. The average Bonchev–Trinajstić information content (AvgIpc) is 3.27. The second-order valence-corrected chi connectivity index (χ2v) is 7.74. The van der Waals surface area contributed by atoms with Crippen molar-refractivity contribution in [2.24, 2.45) is 0 Å². The van der Waals surface area contributed by atoms with Crippen LogP contribution in [0.15, 0.2) is 33.7 Å². The minimum absolute atomic E-state index is 0.758. The maximum Gasteiger partial charge on any atom is 0.117 e. The van der Waals surface area contributed by atoms with E-state index in [2.05, 4.69) is 52.4 Å². The molecule has 0 aliphatic rings. The summed E-state index contributed by atoms with van der Waals surface area (Å²) in [6.07, 6.45) is 5.68. The van der Waals surface area contributed by atoms with Crippen molar-refractivity contribution in [1.29, 1.82) is 0 Å². The van der Waals surface area contributed by atoms with Crippen molar-refractivity contribution in [3.05, 3.63) is 44.8 Å². The van der Waals surface area contributed by atoms with Crippen LogP contribution in [0.2, 0.25) is 0 Å². The molecular weight excluding hydrogens is 322 g/mol. The number of rotatable bonds is 11. The van der Waals surface area contributed by atoms with E-state index in [9.17, 15) is 5.11 Å². The summed E-state index contributed by atoms with van der Waals surface area (Å²) in [7, 11) is 0. The minimum atomic E-state index is -0.851. The number of nitrogens with zero attached hydrogens (tertiary/aromatic N) is 1. The second-order valence-electron chi connectivity index (χ2n) is 6.18. The van der Waals surface area contributed by atoms with E-state index in [1.54, 1.807) is 22.7 Å². The number of thiophene rings is 2. The summed E-state index contributed by atoms with van der Waals surface area (Å²) in [6, 6.07) is 4.12. The molecular formula is C19H29NOS2. The van der Waals surface area contributed by atoms with Gasteiger partial charge in [0.05, 0.1) is 0 Å². The van der Waals surface area contributed by atoms with Gasteiger partial charge in [0.25, 0.3) is 0 Å². The molecule has 2 heterocycles. The molecule has 0 unspecified atom stereocenters. The molecule has 0 amide bonds. The van der Waals surface area contributed by atoms with Gasteiger partial charge in [-0.15, -0.1) is 0 Å². The molecule has 2 aromatic rings. The summed E-state index contributed by atoms with van der Waals surface area (Å²) in [4.78, 5) is 2.52. The Bertz CT molecular complexity index is 479. The van der Waals surface area contributed by atoms with Gasteiger partial charge in [-0.3, -0.25) is 0 Å². The zero-order chi connectivity index (χ0) is 16.5. The molecule has 0 saturated carbocycles. The number of unbranched alkanes of at least 4 members (excludes halogenated alkanes) is 2. The molecule has 23 heavy (non-hydrogen) atoms. The molecule has 0 aliphatic heterocycles. The Morgan fingerprint density at radius 3 is 1.83 bits per heavy atom. The van der Waals surface area contributed by atoms with Gasteiger partial charge < -0.3 is 10.0 Å². The Labute approximate surface area is 148 Å². The van der Waals surface area contributed by atoms with Crippen LogP contribution in [0, 0.1) is 0 Å². The van der Waals surface area contributed by atoms with Crippen LogP contribution in [0.4, 0.5) is 0 Å². The van der Waals surface area contributed by atoms with Gasteiger partial charge in [-0.25, -0.2) is 0 Å². The molecule has 0 bridgehead atoms. The SMILES string of the molecule is CCCCN(CCCC)CCC(O)(c1ccsc1)c1ccsc1. The first-order valence-corrected chi connectivity index (χ1v) is 10.6. The lowest BCUT2D eigenvalue weighted by Crippen LogP contribution is -2.35. The van der Waals surface area contributed by atoms with Crippen molar-refractivity contribution in [3.8, 4) is 0 Å². The number of hydrogen-bond donors (Lipinski definition) is 1. The smallest absolute Gasteiger partial charge is 0.117 e. The first-order valence-electron chi connectivity index (χ1n) is 8.70. The second kappa shape index (κ2) is 9.58. The van der Waals surface area contributed by atoms with Gasteiger partial charge in [0.1, 0.15) is 5.60 Å². The first kappa shape index (κ1) is 18.7. The maximum absolute atomic E-state index is 11.4. The van der Waals surface area contributed by atoms with Crippen molar-refractivity contribution < 1.29 is 5.11 Å². The topological polar surface area (TPSA) is 23.5 Å². The van der Waals surface area contributed by atoms with Crippen LogP contribution < -0.4 is 0 Å². The normalized spacial score (nSPS) is 12.2. The van der Waals surface area contributed by atoms with Crippen LogP contribution in [-0.4, -0.2) is 29.6 Å². The molecule has 2 nitrogen and oxygen atoms in total. The summed E-state index contributed by atoms with van der Waals surface area (Å²) in [5.41, 5.74) is 1.22. The highest BCUT2D eigenvalue weighted by atomic mass is 32.1. The lowest BCUT2D eigenvalue weighted by atomic mass is 9.86. The molecule has 0 aromatic carbocycles. The zero-order valence-corrected chi connectivity index (χ0v) is 16.0. The van der Waals surface area contributed by atoms with Crippen molar-refractivity contribution in [2.45, 2.75) is 51.6 Å². The fraction of sp³-hybridized carbons (Fsp3) is 0.579. The van der Waals surface area contributed by atoms with Crippen LogP contribution in [0.3, 0.4) is 0 Å². The van der Waals surface area contributed by atoms with Crippen LogP contribution in [0.25, 0.3) is 0 Å². The molecule has 2 aromatic heterocycles.